The molecular formula is C25H25Cl2FNO5PS. The second-order valence-electron chi connectivity index (χ2n) is 9.12. The highest BCUT2D eigenvalue weighted by atomic mass is 35.5. The molecule has 0 bridgehead atoms. The van der Waals surface area contributed by atoms with E-state index in [0.717, 1.165) is 10.8 Å². The van der Waals surface area contributed by atoms with E-state index in [-0.39, 0.29) is 5.02 Å². The third kappa shape index (κ3) is 7.17. The van der Waals surface area contributed by atoms with Crippen molar-refractivity contribution in [2.45, 2.75) is 26.4 Å². The first-order chi connectivity index (χ1) is 16.8. The van der Waals surface area contributed by atoms with Gasteiger partial charge >= 0.3 is 5.97 Å². The van der Waals surface area contributed by atoms with Crippen LogP contribution in [0.25, 0.3) is 16.2 Å². The summed E-state index contributed by atoms with van der Waals surface area (Å²) >= 11 is 13.4. The summed E-state index contributed by atoms with van der Waals surface area (Å²) in [6.45, 7) is 5.77. The van der Waals surface area contributed by atoms with Gasteiger partial charge in [0, 0.05) is 27.6 Å². The first kappa shape index (κ1) is 28.4. The molecule has 192 valence electrons. The van der Waals surface area contributed by atoms with Gasteiger partial charge in [-0.05, 0) is 85.1 Å². The van der Waals surface area contributed by atoms with Gasteiger partial charge in [-0.3, -0.25) is 18.7 Å². The van der Waals surface area contributed by atoms with Crippen molar-refractivity contribution >= 4 is 69.9 Å². The van der Waals surface area contributed by atoms with Gasteiger partial charge in [0.1, 0.15) is 11.5 Å². The van der Waals surface area contributed by atoms with E-state index in [2.05, 4.69) is 5.32 Å². The number of amides is 1. The summed E-state index contributed by atoms with van der Waals surface area (Å²) in [5.41, 5.74) is -1.12. The van der Waals surface area contributed by atoms with Crippen LogP contribution in [-0.2, 0) is 23.4 Å². The predicted octanol–water partition coefficient (Wildman–Crippen LogP) is 7.65. The summed E-state index contributed by atoms with van der Waals surface area (Å²) in [5, 5.41) is 5.64. The van der Waals surface area contributed by atoms with Crippen LogP contribution >= 0.6 is 41.9 Å². The molecule has 36 heavy (non-hydrogen) atoms. The zero-order valence-electron chi connectivity index (χ0n) is 20.0. The van der Waals surface area contributed by atoms with Crippen LogP contribution < -0.4 is 5.32 Å². The van der Waals surface area contributed by atoms with Crippen LogP contribution in [-0.4, -0.2) is 25.3 Å². The lowest BCUT2D eigenvalue weighted by molar-refractivity contribution is -0.159. The zero-order chi connectivity index (χ0) is 26.7. The minimum absolute atomic E-state index is 0.205. The van der Waals surface area contributed by atoms with Gasteiger partial charge in [0.05, 0.1) is 5.41 Å². The molecule has 1 N–H and O–H groups in total. The number of fused-ring (bicyclic) bond motifs is 1. The first-order valence-electron chi connectivity index (χ1n) is 10.8. The second-order valence-corrected chi connectivity index (χ2v) is 13.5. The molecule has 0 saturated heterocycles. The minimum atomic E-state index is -3.74. The molecule has 0 aliphatic rings. The van der Waals surface area contributed by atoms with E-state index in [0.29, 0.717) is 21.5 Å². The van der Waals surface area contributed by atoms with E-state index in [4.69, 9.17) is 32.5 Å². The molecule has 0 fully saturated rings. The van der Waals surface area contributed by atoms with E-state index in [1.54, 1.807) is 44.4 Å². The van der Waals surface area contributed by atoms with Crippen molar-refractivity contribution in [3.8, 4) is 0 Å². The molecular weight excluding hydrogens is 547 g/mol. The molecule has 2 atom stereocenters. The highest BCUT2D eigenvalue weighted by Gasteiger charge is 2.39. The lowest BCUT2D eigenvalue weighted by Crippen LogP contribution is -2.27. The van der Waals surface area contributed by atoms with Gasteiger partial charge in [0.15, 0.2) is 6.79 Å². The highest BCUT2D eigenvalue weighted by Crippen LogP contribution is 2.59. The molecule has 2 unspecified atom stereocenters. The fourth-order valence-corrected chi connectivity index (χ4v) is 6.39. The fourth-order valence-electron chi connectivity index (χ4n) is 3.29. The van der Waals surface area contributed by atoms with Crippen LogP contribution in [0.5, 0.6) is 0 Å². The fraction of sp³-hybridized carbons (Fsp3) is 0.280. The third-order valence-corrected chi connectivity index (χ3v) is 8.58. The SMILES string of the molecule is CC(C)(C)C(=O)OCOP(C)(=O)C(C(=O)N/C=C/c1cc(F)cc(Cl)c1)c1csc2ccc(Cl)cc12. The first-order valence-corrected chi connectivity index (χ1v) is 14.5. The standard InChI is InChI=1S/C25H25Cl2FNO5PS/c1-25(2,3)24(31)33-14-34-35(4,32)22(20-13-36-21-6-5-16(26)12-19(20)21)23(30)29-8-7-15-9-17(27)11-18(28)10-15/h5-13,22H,14H2,1-4H3,(H,29,30)/b8-7+. The monoisotopic (exact) mass is 571 g/mol. The number of ether oxygens (including phenoxy) is 1. The molecule has 3 aromatic rings. The molecule has 3 rings (SSSR count). The van der Waals surface area contributed by atoms with Crippen LogP contribution in [0.3, 0.4) is 0 Å². The van der Waals surface area contributed by atoms with Crippen LogP contribution in [0.4, 0.5) is 4.39 Å². The largest absolute Gasteiger partial charge is 0.438 e. The van der Waals surface area contributed by atoms with Crippen molar-refractivity contribution in [1.82, 2.24) is 5.32 Å². The van der Waals surface area contributed by atoms with Crippen LogP contribution in [0, 0.1) is 11.2 Å². The Balaban J connectivity index is 1.90. The minimum Gasteiger partial charge on any atom is -0.438 e. The van der Waals surface area contributed by atoms with Gasteiger partial charge in [0.2, 0.25) is 13.3 Å². The summed E-state index contributed by atoms with van der Waals surface area (Å²) in [6, 6.07) is 9.15. The van der Waals surface area contributed by atoms with E-state index in [1.165, 1.54) is 42.4 Å². The molecule has 1 amide bonds. The van der Waals surface area contributed by atoms with Gasteiger partial charge in [-0.1, -0.05) is 23.2 Å². The average molecular weight is 572 g/mol. The van der Waals surface area contributed by atoms with E-state index in [9.17, 15) is 18.5 Å². The summed E-state index contributed by atoms with van der Waals surface area (Å²) < 4.78 is 38.8. The van der Waals surface area contributed by atoms with Crippen molar-refractivity contribution < 1.29 is 27.8 Å². The lowest BCUT2D eigenvalue weighted by atomic mass is 9.98. The number of benzene rings is 2. The number of hydrogen-bond donors (Lipinski definition) is 1. The van der Waals surface area contributed by atoms with Crippen LogP contribution in [0.1, 0.15) is 37.6 Å². The zero-order valence-corrected chi connectivity index (χ0v) is 23.2. The molecule has 1 aromatic heterocycles. The lowest BCUT2D eigenvalue weighted by Gasteiger charge is -2.24. The number of carbonyl (C=O) groups excluding carboxylic acids is 2. The number of nitrogens with one attached hydrogen (secondary N) is 1. The quantitative estimate of drug-likeness (QED) is 0.170. The molecule has 0 aliphatic carbocycles. The normalized spacial score (nSPS) is 14.5. The maximum atomic E-state index is 13.7. The smallest absolute Gasteiger partial charge is 0.313 e. The summed E-state index contributed by atoms with van der Waals surface area (Å²) in [7, 11) is -3.74. The van der Waals surface area contributed by atoms with Gasteiger partial charge in [-0.15, -0.1) is 11.3 Å². The Morgan fingerprint density at radius 3 is 2.56 bits per heavy atom. The number of halogens is 3. The number of esters is 1. The average Bonchev–Trinajstić information content (AvgIpc) is 3.14. The molecule has 0 saturated carbocycles. The molecule has 0 radical (unpaired) electrons. The molecule has 6 nitrogen and oxygen atoms in total. The third-order valence-electron chi connectivity index (χ3n) is 5.08. The Labute approximate surface area is 222 Å². The van der Waals surface area contributed by atoms with Gasteiger partial charge in [-0.25, -0.2) is 4.39 Å². The number of thiophene rings is 1. The maximum absolute atomic E-state index is 13.7. The predicted molar refractivity (Wildman–Crippen MR) is 143 cm³/mol. The Morgan fingerprint density at radius 1 is 1.17 bits per heavy atom. The Hall–Kier alpha value is -2.22. The number of hydrogen-bond acceptors (Lipinski definition) is 6. The molecule has 0 spiro atoms. The Kier molecular flexibility index (Phi) is 9.02. The molecule has 0 aliphatic heterocycles. The Bertz CT molecular complexity index is 1350. The van der Waals surface area contributed by atoms with Gasteiger partial charge in [-0.2, -0.15) is 0 Å². The summed E-state index contributed by atoms with van der Waals surface area (Å²) in [5.74, 6) is -1.68. The number of rotatable bonds is 8. The van der Waals surface area contributed by atoms with Crippen molar-refractivity contribution in [1.29, 1.82) is 0 Å². The van der Waals surface area contributed by atoms with Gasteiger partial charge in [0.25, 0.3) is 0 Å². The topological polar surface area (TPSA) is 81.7 Å². The van der Waals surface area contributed by atoms with Crippen molar-refractivity contribution in [3.05, 3.63) is 75.0 Å². The summed E-state index contributed by atoms with van der Waals surface area (Å²) in [6.07, 6.45) is 2.76. The van der Waals surface area contributed by atoms with Crippen LogP contribution in [0.2, 0.25) is 10.0 Å². The number of carbonyl (C=O) groups is 2. The van der Waals surface area contributed by atoms with E-state index >= 15 is 0 Å². The highest BCUT2D eigenvalue weighted by molar-refractivity contribution is 7.59. The van der Waals surface area contributed by atoms with E-state index < -0.39 is 42.9 Å². The molecule has 1 heterocycles. The van der Waals surface area contributed by atoms with E-state index in [1.807, 2.05) is 0 Å². The molecule has 11 heteroatoms. The Morgan fingerprint density at radius 2 is 1.89 bits per heavy atom. The molecule has 2 aromatic carbocycles. The second kappa shape index (κ2) is 11.4. The van der Waals surface area contributed by atoms with Crippen LogP contribution in [0.15, 0.2) is 48.0 Å². The van der Waals surface area contributed by atoms with Crippen molar-refractivity contribution in [2.24, 2.45) is 5.41 Å². The van der Waals surface area contributed by atoms with Crippen molar-refractivity contribution in [3.63, 3.8) is 0 Å². The maximum Gasteiger partial charge on any atom is 0.313 e. The summed E-state index contributed by atoms with van der Waals surface area (Å²) in [4.78, 5) is 25.4. The van der Waals surface area contributed by atoms with Gasteiger partial charge < -0.3 is 10.1 Å². The van der Waals surface area contributed by atoms with Crippen molar-refractivity contribution in [2.75, 3.05) is 13.5 Å².